The first-order chi connectivity index (χ1) is 14.4. The predicted molar refractivity (Wildman–Crippen MR) is 116 cm³/mol. The number of piperidine rings is 1. The van der Waals surface area contributed by atoms with E-state index in [0.717, 1.165) is 29.7 Å². The van der Waals surface area contributed by atoms with Gasteiger partial charge in [-0.05, 0) is 37.3 Å². The molecule has 1 saturated carbocycles. The van der Waals surface area contributed by atoms with Crippen LogP contribution in [0.3, 0.4) is 0 Å². The van der Waals surface area contributed by atoms with Crippen LogP contribution in [0, 0.1) is 0 Å². The fourth-order valence-corrected chi connectivity index (χ4v) is 5.83. The van der Waals surface area contributed by atoms with Gasteiger partial charge >= 0.3 is 0 Å². The Morgan fingerprint density at radius 2 is 1.70 bits per heavy atom. The summed E-state index contributed by atoms with van der Waals surface area (Å²) in [5, 5.41) is 3.18. The number of nitrogens with one attached hydrogen (secondary N) is 1. The monoisotopic (exact) mass is 428 g/mol. The Labute approximate surface area is 178 Å². The normalized spacial score (nSPS) is 19.2. The molecular weight excluding hydrogens is 400 g/mol. The number of hydrogen-bond donors (Lipinski definition) is 1. The molecule has 0 aromatic heterocycles. The van der Waals surface area contributed by atoms with Crippen LogP contribution in [0.5, 0.6) is 5.75 Å². The van der Waals surface area contributed by atoms with Gasteiger partial charge in [-0.3, -0.25) is 4.79 Å². The van der Waals surface area contributed by atoms with Gasteiger partial charge in [0.1, 0.15) is 5.75 Å². The Hall–Kier alpha value is -2.38. The highest BCUT2D eigenvalue weighted by Gasteiger charge is 2.53. The van der Waals surface area contributed by atoms with Gasteiger partial charge in [-0.1, -0.05) is 48.5 Å². The summed E-state index contributed by atoms with van der Waals surface area (Å²) in [5.41, 5.74) is 1.22. The Morgan fingerprint density at radius 1 is 1.07 bits per heavy atom. The SMILES string of the molecule is COc1ccccc1C1(C(=O)NC2CCN(S(=O)(=O)Cc3ccccc3)CC2)CC1. The lowest BCUT2D eigenvalue weighted by Gasteiger charge is -2.32. The molecule has 0 spiro atoms. The van der Waals surface area contributed by atoms with Crippen molar-refractivity contribution in [2.24, 2.45) is 0 Å². The summed E-state index contributed by atoms with van der Waals surface area (Å²) in [7, 11) is -1.73. The van der Waals surface area contributed by atoms with E-state index in [2.05, 4.69) is 5.32 Å². The van der Waals surface area contributed by atoms with Crippen molar-refractivity contribution in [1.29, 1.82) is 0 Å². The Balaban J connectivity index is 1.35. The molecule has 0 bridgehead atoms. The molecule has 1 aliphatic carbocycles. The van der Waals surface area contributed by atoms with Gasteiger partial charge in [0.25, 0.3) is 0 Å². The Morgan fingerprint density at radius 3 is 2.33 bits per heavy atom. The van der Waals surface area contributed by atoms with Gasteiger partial charge in [-0.2, -0.15) is 0 Å². The fourth-order valence-electron chi connectivity index (χ4n) is 4.26. The number of para-hydroxylation sites is 1. The van der Waals surface area contributed by atoms with E-state index in [1.54, 1.807) is 11.4 Å². The summed E-state index contributed by atoms with van der Waals surface area (Å²) in [5.74, 6) is 0.784. The molecule has 1 aliphatic heterocycles. The maximum Gasteiger partial charge on any atom is 0.231 e. The molecule has 2 aromatic rings. The molecule has 4 rings (SSSR count). The van der Waals surface area contributed by atoms with Gasteiger partial charge in [0.2, 0.25) is 15.9 Å². The quantitative estimate of drug-likeness (QED) is 0.736. The predicted octanol–water partition coefficient (Wildman–Crippen LogP) is 2.84. The van der Waals surface area contributed by atoms with Gasteiger partial charge in [-0.25, -0.2) is 12.7 Å². The molecule has 1 heterocycles. The van der Waals surface area contributed by atoms with Gasteiger partial charge in [0, 0.05) is 24.7 Å². The number of benzene rings is 2. The number of carbonyl (C=O) groups excluding carboxylic acids is 1. The van der Waals surface area contributed by atoms with E-state index < -0.39 is 15.4 Å². The molecule has 6 nitrogen and oxygen atoms in total. The minimum absolute atomic E-state index is 0.00661. The second-order valence-electron chi connectivity index (χ2n) is 8.17. The lowest BCUT2D eigenvalue weighted by atomic mass is 9.93. The van der Waals surface area contributed by atoms with Crippen LogP contribution in [0.4, 0.5) is 0 Å². The van der Waals surface area contributed by atoms with Crippen molar-refractivity contribution >= 4 is 15.9 Å². The summed E-state index contributed by atoms with van der Waals surface area (Å²) in [6.45, 7) is 0.865. The maximum atomic E-state index is 13.1. The van der Waals surface area contributed by atoms with Crippen molar-refractivity contribution in [2.45, 2.75) is 42.9 Å². The first-order valence-electron chi connectivity index (χ1n) is 10.4. The number of amides is 1. The van der Waals surface area contributed by atoms with Crippen LogP contribution in [-0.2, 0) is 26.0 Å². The van der Waals surface area contributed by atoms with E-state index in [1.165, 1.54) is 0 Å². The first kappa shape index (κ1) is 20.9. The van der Waals surface area contributed by atoms with Gasteiger partial charge in [0.15, 0.2) is 0 Å². The van der Waals surface area contributed by atoms with Crippen molar-refractivity contribution in [3.05, 3.63) is 65.7 Å². The molecule has 0 unspecified atom stereocenters. The average Bonchev–Trinajstić information content (AvgIpc) is 3.56. The lowest BCUT2D eigenvalue weighted by Crippen LogP contribution is -2.49. The van der Waals surface area contributed by atoms with Crippen LogP contribution in [0.2, 0.25) is 0 Å². The molecule has 0 radical (unpaired) electrons. The van der Waals surface area contributed by atoms with Crippen LogP contribution in [0.1, 0.15) is 36.8 Å². The largest absolute Gasteiger partial charge is 0.496 e. The van der Waals surface area contributed by atoms with Crippen LogP contribution in [-0.4, -0.2) is 44.9 Å². The van der Waals surface area contributed by atoms with Crippen molar-refractivity contribution in [1.82, 2.24) is 9.62 Å². The second kappa shape index (κ2) is 8.40. The van der Waals surface area contributed by atoms with Crippen molar-refractivity contribution in [3.63, 3.8) is 0 Å². The molecule has 1 saturated heterocycles. The number of hydrogen-bond acceptors (Lipinski definition) is 4. The molecule has 2 fully saturated rings. The molecule has 160 valence electrons. The zero-order valence-corrected chi connectivity index (χ0v) is 18.0. The Kier molecular flexibility index (Phi) is 5.84. The highest BCUT2D eigenvalue weighted by molar-refractivity contribution is 7.88. The second-order valence-corrected chi connectivity index (χ2v) is 10.1. The minimum Gasteiger partial charge on any atom is -0.496 e. The highest BCUT2D eigenvalue weighted by atomic mass is 32.2. The van der Waals surface area contributed by atoms with Gasteiger partial charge in [0.05, 0.1) is 18.3 Å². The number of sulfonamides is 1. The third-order valence-corrected chi connectivity index (χ3v) is 8.03. The molecule has 1 N–H and O–H groups in total. The summed E-state index contributed by atoms with van der Waals surface area (Å²) < 4.78 is 32.5. The third-order valence-electron chi connectivity index (χ3n) is 6.18. The number of nitrogens with zero attached hydrogens (tertiary/aromatic N) is 1. The van der Waals surface area contributed by atoms with E-state index in [1.807, 2.05) is 54.6 Å². The molecule has 2 aromatic carbocycles. The van der Waals surface area contributed by atoms with Crippen LogP contribution in [0.15, 0.2) is 54.6 Å². The van der Waals surface area contributed by atoms with E-state index in [-0.39, 0.29) is 17.7 Å². The molecular formula is C23H28N2O4S. The zero-order valence-electron chi connectivity index (χ0n) is 17.2. The summed E-state index contributed by atoms with van der Waals surface area (Å²) in [4.78, 5) is 13.1. The summed E-state index contributed by atoms with van der Waals surface area (Å²) in [6, 6.07) is 16.9. The molecule has 2 aliphatic rings. The Bertz CT molecular complexity index is 995. The minimum atomic E-state index is -3.35. The van der Waals surface area contributed by atoms with Gasteiger partial charge in [-0.15, -0.1) is 0 Å². The maximum absolute atomic E-state index is 13.1. The van der Waals surface area contributed by atoms with Crippen molar-refractivity contribution < 1.29 is 17.9 Å². The molecule has 0 atom stereocenters. The standard InChI is InChI=1S/C23H28N2O4S/c1-29-21-10-6-5-9-20(21)23(13-14-23)22(26)24-19-11-15-25(16-12-19)30(27,28)17-18-7-3-2-4-8-18/h2-10,19H,11-17H2,1H3,(H,24,26). The topological polar surface area (TPSA) is 75.7 Å². The van der Waals surface area contributed by atoms with Crippen LogP contribution >= 0.6 is 0 Å². The molecule has 7 heteroatoms. The van der Waals surface area contributed by atoms with E-state index in [0.29, 0.717) is 25.9 Å². The van der Waals surface area contributed by atoms with Crippen molar-refractivity contribution in [2.75, 3.05) is 20.2 Å². The van der Waals surface area contributed by atoms with E-state index in [4.69, 9.17) is 4.74 Å². The number of rotatable bonds is 7. The highest BCUT2D eigenvalue weighted by Crippen LogP contribution is 2.51. The van der Waals surface area contributed by atoms with Crippen LogP contribution in [0.25, 0.3) is 0 Å². The van der Waals surface area contributed by atoms with E-state index >= 15 is 0 Å². The smallest absolute Gasteiger partial charge is 0.231 e. The number of ether oxygens (including phenoxy) is 1. The zero-order chi connectivity index (χ0) is 21.2. The first-order valence-corrected chi connectivity index (χ1v) is 12.0. The summed E-state index contributed by atoms with van der Waals surface area (Å²) in [6.07, 6.45) is 2.87. The molecule has 30 heavy (non-hydrogen) atoms. The van der Waals surface area contributed by atoms with Crippen molar-refractivity contribution in [3.8, 4) is 5.75 Å². The lowest BCUT2D eigenvalue weighted by molar-refractivity contribution is -0.124. The third kappa shape index (κ3) is 4.23. The number of methoxy groups -OCH3 is 1. The van der Waals surface area contributed by atoms with E-state index in [9.17, 15) is 13.2 Å². The number of carbonyl (C=O) groups is 1. The average molecular weight is 429 g/mol. The summed E-state index contributed by atoms with van der Waals surface area (Å²) >= 11 is 0. The molecule has 1 amide bonds. The van der Waals surface area contributed by atoms with Gasteiger partial charge < -0.3 is 10.1 Å². The van der Waals surface area contributed by atoms with Crippen LogP contribution < -0.4 is 10.1 Å². The fraction of sp³-hybridized carbons (Fsp3) is 0.435.